The number of rotatable bonds is 4. The third kappa shape index (κ3) is 3.22. The lowest BCUT2D eigenvalue weighted by Gasteiger charge is -2.24. The molecular formula is C17H18ClNO3S. The molecule has 0 amide bonds. The Morgan fingerprint density at radius 1 is 1.17 bits per heavy atom. The molecule has 0 aliphatic carbocycles. The minimum Gasteiger partial charge on any atom is -0.497 e. The van der Waals surface area contributed by atoms with Crippen LogP contribution in [0.5, 0.6) is 5.75 Å². The number of sulfonamides is 1. The van der Waals surface area contributed by atoms with Gasteiger partial charge in [-0.05, 0) is 54.8 Å². The van der Waals surface area contributed by atoms with Crippen molar-refractivity contribution in [2.75, 3.05) is 13.7 Å². The zero-order chi connectivity index (χ0) is 16.4. The van der Waals surface area contributed by atoms with Gasteiger partial charge in [-0.15, -0.1) is 0 Å². The fourth-order valence-electron chi connectivity index (χ4n) is 2.95. The van der Waals surface area contributed by atoms with Gasteiger partial charge < -0.3 is 4.74 Å². The molecule has 6 heteroatoms. The average Bonchev–Trinajstić information content (AvgIpc) is 3.06. The molecule has 0 unspecified atom stereocenters. The molecule has 2 aromatic rings. The summed E-state index contributed by atoms with van der Waals surface area (Å²) >= 11 is 5.86. The smallest absolute Gasteiger partial charge is 0.243 e. The molecule has 0 bridgehead atoms. The summed E-state index contributed by atoms with van der Waals surface area (Å²) in [6.45, 7) is 0.521. The summed E-state index contributed by atoms with van der Waals surface area (Å²) in [5.41, 5.74) is 0.958. The second-order valence-electron chi connectivity index (χ2n) is 5.50. The standard InChI is InChI=1S/C17H18ClNO3S/c1-22-15-5-2-4-13(12-15)17-6-3-11-19(17)23(20,21)16-9-7-14(18)8-10-16/h2,4-5,7-10,12,17H,3,6,11H2,1H3/t17-/m0/s1. The van der Waals surface area contributed by atoms with E-state index >= 15 is 0 Å². The van der Waals surface area contributed by atoms with Gasteiger partial charge in [-0.2, -0.15) is 4.31 Å². The second-order valence-corrected chi connectivity index (χ2v) is 7.83. The van der Waals surface area contributed by atoms with Crippen LogP contribution in [0.3, 0.4) is 0 Å². The zero-order valence-corrected chi connectivity index (χ0v) is 14.3. The molecule has 1 aliphatic heterocycles. The van der Waals surface area contributed by atoms with E-state index in [0.717, 1.165) is 24.2 Å². The van der Waals surface area contributed by atoms with Gasteiger partial charge in [-0.1, -0.05) is 23.7 Å². The molecule has 2 aromatic carbocycles. The van der Waals surface area contributed by atoms with Gasteiger partial charge in [0.1, 0.15) is 5.75 Å². The average molecular weight is 352 g/mol. The van der Waals surface area contributed by atoms with E-state index in [2.05, 4.69) is 0 Å². The quantitative estimate of drug-likeness (QED) is 0.839. The van der Waals surface area contributed by atoms with Gasteiger partial charge in [0.25, 0.3) is 0 Å². The lowest BCUT2D eigenvalue weighted by atomic mass is 10.1. The number of benzene rings is 2. The van der Waals surface area contributed by atoms with Crippen LogP contribution in [0.4, 0.5) is 0 Å². The lowest BCUT2D eigenvalue weighted by molar-refractivity contribution is 0.390. The van der Waals surface area contributed by atoms with Crippen LogP contribution in [-0.2, 0) is 10.0 Å². The Kier molecular flexibility index (Phi) is 4.62. The molecular weight excluding hydrogens is 334 g/mol. The summed E-state index contributed by atoms with van der Waals surface area (Å²) in [7, 11) is -1.93. The van der Waals surface area contributed by atoms with Crippen LogP contribution in [0.1, 0.15) is 24.4 Å². The summed E-state index contributed by atoms with van der Waals surface area (Å²) in [5.74, 6) is 0.734. The van der Waals surface area contributed by atoms with Crippen LogP contribution < -0.4 is 4.74 Å². The minimum absolute atomic E-state index is 0.161. The third-order valence-corrected chi connectivity index (χ3v) is 6.28. The maximum Gasteiger partial charge on any atom is 0.243 e. The number of nitrogens with zero attached hydrogens (tertiary/aromatic N) is 1. The van der Waals surface area contributed by atoms with Gasteiger partial charge in [0, 0.05) is 11.6 Å². The Bertz CT molecular complexity index is 790. The molecule has 0 spiro atoms. The van der Waals surface area contributed by atoms with Crippen molar-refractivity contribution in [2.45, 2.75) is 23.8 Å². The predicted octanol–water partition coefficient (Wildman–Crippen LogP) is 3.87. The Hall–Kier alpha value is -1.56. The van der Waals surface area contributed by atoms with E-state index in [4.69, 9.17) is 16.3 Å². The molecule has 1 fully saturated rings. The maximum absolute atomic E-state index is 12.9. The van der Waals surface area contributed by atoms with Gasteiger partial charge in [0.15, 0.2) is 0 Å². The first-order chi connectivity index (χ1) is 11.0. The first-order valence-corrected chi connectivity index (χ1v) is 9.25. The molecule has 0 N–H and O–H groups in total. The van der Waals surface area contributed by atoms with E-state index in [1.165, 1.54) is 0 Å². The highest BCUT2D eigenvalue weighted by atomic mass is 35.5. The zero-order valence-electron chi connectivity index (χ0n) is 12.8. The third-order valence-electron chi connectivity index (χ3n) is 4.10. The fourth-order valence-corrected chi connectivity index (χ4v) is 4.76. The monoisotopic (exact) mass is 351 g/mol. The van der Waals surface area contributed by atoms with E-state index in [-0.39, 0.29) is 10.9 Å². The first-order valence-electron chi connectivity index (χ1n) is 7.44. The van der Waals surface area contributed by atoms with E-state index in [9.17, 15) is 8.42 Å². The number of hydrogen-bond donors (Lipinski definition) is 0. The van der Waals surface area contributed by atoms with Gasteiger partial charge in [-0.3, -0.25) is 0 Å². The summed E-state index contributed by atoms with van der Waals surface area (Å²) < 4.78 is 32.7. The van der Waals surface area contributed by atoms with Crippen LogP contribution in [0.25, 0.3) is 0 Å². The summed E-state index contributed by atoms with van der Waals surface area (Å²) in [4.78, 5) is 0.275. The topological polar surface area (TPSA) is 46.6 Å². The van der Waals surface area contributed by atoms with Crippen molar-refractivity contribution >= 4 is 21.6 Å². The Balaban J connectivity index is 1.96. The van der Waals surface area contributed by atoms with Crippen LogP contribution in [-0.4, -0.2) is 26.4 Å². The van der Waals surface area contributed by atoms with E-state index < -0.39 is 10.0 Å². The second kappa shape index (κ2) is 6.51. The Morgan fingerprint density at radius 3 is 2.61 bits per heavy atom. The molecule has 0 saturated carbocycles. The molecule has 3 rings (SSSR count). The number of methoxy groups -OCH3 is 1. The van der Waals surface area contributed by atoms with Gasteiger partial charge in [0.2, 0.25) is 10.0 Å². The molecule has 0 aromatic heterocycles. The summed E-state index contributed by atoms with van der Waals surface area (Å²) in [6, 6.07) is 13.7. The highest BCUT2D eigenvalue weighted by molar-refractivity contribution is 7.89. The van der Waals surface area contributed by atoms with Crippen molar-refractivity contribution in [1.29, 1.82) is 0 Å². The maximum atomic E-state index is 12.9. The SMILES string of the molecule is COc1cccc([C@@H]2CCCN2S(=O)(=O)c2ccc(Cl)cc2)c1. The van der Waals surface area contributed by atoms with E-state index in [1.54, 1.807) is 35.7 Å². The number of ether oxygens (including phenoxy) is 1. The molecule has 23 heavy (non-hydrogen) atoms. The van der Waals surface area contributed by atoms with Gasteiger partial charge >= 0.3 is 0 Å². The van der Waals surface area contributed by atoms with Crippen molar-refractivity contribution in [2.24, 2.45) is 0 Å². The van der Waals surface area contributed by atoms with Crippen molar-refractivity contribution in [3.05, 3.63) is 59.1 Å². The molecule has 122 valence electrons. The molecule has 1 aliphatic rings. The molecule has 1 heterocycles. The van der Waals surface area contributed by atoms with Gasteiger partial charge in [0.05, 0.1) is 18.0 Å². The van der Waals surface area contributed by atoms with Crippen LogP contribution in [0.2, 0.25) is 5.02 Å². The van der Waals surface area contributed by atoms with Crippen molar-refractivity contribution in [3.8, 4) is 5.75 Å². The first kappa shape index (κ1) is 16.3. The molecule has 1 atom stereocenters. The summed E-state index contributed by atoms with van der Waals surface area (Å²) in [5, 5.41) is 0.523. The van der Waals surface area contributed by atoms with Crippen LogP contribution in [0.15, 0.2) is 53.4 Å². The van der Waals surface area contributed by atoms with Gasteiger partial charge in [-0.25, -0.2) is 8.42 Å². The number of hydrogen-bond acceptors (Lipinski definition) is 3. The summed E-state index contributed by atoms with van der Waals surface area (Å²) in [6.07, 6.45) is 1.65. The Morgan fingerprint density at radius 2 is 1.91 bits per heavy atom. The highest BCUT2D eigenvalue weighted by Gasteiger charge is 2.36. The largest absolute Gasteiger partial charge is 0.497 e. The molecule has 1 saturated heterocycles. The van der Waals surface area contributed by atoms with Crippen molar-refractivity contribution < 1.29 is 13.2 Å². The van der Waals surface area contributed by atoms with Crippen LogP contribution in [0, 0.1) is 0 Å². The van der Waals surface area contributed by atoms with Crippen molar-refractivity contribution in [3.63, 3.8) is 0 Å². The molecule has 4 nitrogen and oxygen atoms in total. The normalized spacial score (nSPS) is 19.0. The minimum atomic E-state index is -3.54. The predicted molar refractivity (Wildman–Crippen MR) is 90.3 cm³/mol. The molecule has 0 radical (unpaired) electrons. The van der Waals surface area contributed by atoms with Crippen LogP contribution >= 0.6 is 11.6 Å². The fraction of sp³-hybridized carbons (Fsp3) is 0.294. The lowest BCUT2D eigenvalue weighted by Crippen LogP contribution is -2.30. The Labute approximate surface area is 141 Å². The number of halogens is 1. The van der Waals surface area contributed by atoms with E-state index in [0.29, 0.717) is 11.6 Å². The van der Waals surface area contributed by atoms with E-state index in [1.807, 2.05) is 24.3 Å². The highest BCUT2D eigenvalue weighted by Crippen LogP contribution is 2.37. The van der Waals surface area contributed by atoms with Crippen molar-refractivity contribution in [1.82, 2.24) is 4.31 Å².